The maximum absolute atomic E-state index is 4.93. The predicted molar refractivity (Wildman–Crippen MR) is 135 cm³/mol. The molecule has 0 aromatic carbocycles. The van der Waals surface area contributed by atoms with Gasteiger partial charge in [0, 0.05) is 46.0 Å². The summed E-state index contributed by atoms with van der Waals surface area (Å²) >= 11 is 1.75. The first-order valence-corrected chi connectivity index (χ1v) is 11.7. The number of imidazole rings is 1. The SMILES string of the molecule is Cc1ccc(-c2ccnc3nc(-c4n[nH]c5ccc(-c6cncc(CN(C)C)c6)nc45)[nH]c23)s1. The van der Waals surface area contributed by atoms with Gasteiger partial charge in [-0.3, -0.25) is 10.1 Å². The minimum Gasteiger partial charge on any atom is -0.335 e. The number of hydrogen-bond donors (Lipinski definition) is 2. The molecule has 0 unspecified atom stereocenters. The van der Waals surface area contributed by atoms with Crippen LogP contribution in [0.25, 0.3) is 55.4 Å². The fraction of sp³-hybridized carbons (Fsp3) is 0.160. The maximum atomic E-state index is 4.93. The van der Waals surface area contributed by atoms with Gasteiger partial charge in [0.05, 0.1) is 16.7 Å². The van der Waals surface area contributed by atoms with E-state index in [4.69, 9.17) is 9.97 Å². The van der Waals surface area contributed by atoms with Gasteiger partial charge in [-0.2, -0.15) is 5.10 Å². The van der Waals surface area contributed by atoms with Gasteiger partial charge in [0.25, 0.3) is 0 Å². The van der Waals surface area contributed by atoms with Crippen LogP contribution in [0.2, 0.25) is 0 Å². The average molecular weight is 467 g/mol. The van der Waals surface area contributed by atoms with Gasteiger partial charge < -0.3 is 9.88 Å². The van der Waals surface area contributed by atoms with Crippen LogP contribution in [0, 0.1) is 6.92 Å². The number of H-pyrrole nitrogens is 2. The van der Waals surface area contributed by atoms with E-state index in [0.717, 1.165) is 45.5 Å². The molecule has 0 fully saturated rings. The van der Waals surface area contributed by atoms with Crippen molar-refractivity contribution in [3.8, 4) is 33.2 Å². The largest absolute Gasteiger partial charge is 0.335 e. The van der Waals surface area contributed by atoms with Crippen LogP contribution in [-0.4, -0.2) is 54.1 Å². The van der Waals surface area contributed by atoms with E-state index < -0.39 is 0 Å². The van der Waals surface area contributed by atoms with E-state index in [1.54, 1.807) is 17.5 Å². The number of fused-ring (bicyclic) bond motifs is 2. The molecule has 0 saturated heterocycles. The molecule has 2 N–H and O–H groups in total. The highest BCUT2D eigenvalue weighted by molar-refractivity contribution is 7.15. The van der Waals surface area contributed by atoms with Crippen molar-refractivity contribution in [3.63, 3.8) is 0 Å². The molecule has 6 aromatic rings. The van der Waals surface area contributed by atoms with Gasteiger partial charge in [0.1, 0.15) is 5.52 Å². The van der Waals surface area contributed by atoms with Crippen LogP contribution in [0.1, 0.15) is 10.4 Å². The van der Waals surface area contributed by atoms with Crippen LogP contribution in [0.5, 0.6) is 0 Å². The van der Waals surface area contributed by atoms with Gasteiger partial charge in [0.2, 0.25) is 0 Å². The third-order valence-corrected chi connectivity index (χ3v) is 6.65. The monoisotopic (exact) mass is 466 g/mol. The Kier molecular flexibility index (Phi) is 4.93. The second kappa shape index (κ2) is 8.12. The highest BCUT2D eigenvalue weighted by Gasteiger charge is 2.18. The van der Waals surface area contributed by atoms with Crippen LogP contribution in [0.15, 0.2) is 55.0 Å². The van der Waals surface area contributed by atoms with Crippen molar-refractivity contribution in [2.75, 3.05) is 14.1 Å². The zero-order chi connectivity index (χ0) is 23.2. The molecule has 0 saturated carbocycles. The second-order valence-electron chi connectivity index (χ2n) is 8.54. The van der Waals surface area contributed by atoms with Gasteiger partial charge in [-0.25, -0.2) is 15.0 Å². The molecule has 0 radical (unpaired) electrons. The van der Waals surface area contributed by atoms with E-state index in [2.05, 4.69) is 55.2 Å². The molecule has 0 bridgehead atoms. The van der Waals surface area contributed by atoms with Crippen molar-refractivity contribution >= 4 is 33.5 Å². The first kappa shape index (κ1) is 20.6. The van der Waals surface area contributed by atoms with Crippen molar-refractivity contribution < 1.29 is 0 Å². The smallest absolute Gasteiger partial charge is 0.178 e. The lowest BCUT2D eigenvalue weighted by Gasteiger charge is -2.10. The van der Waals surface area contributed by atoms with Crippen molar-refractivity contribution in [1.29, 1.82) is 0 Å². The Bertz CT molecular complexity index is 1640. The molecular formula is C25H22N8S. The molecule has 168 valence electrons. The van der Waals surface area contributed by atoms with E-state index >= 15 is 0 Å². The molecule has 0 atom stereocenters. The van der Waals surface area contributed by atoms with E-state index in [-0.39, 0.29) is 0 Å². The number of hydrogen-bond acceptors (Lipinski definition) is 7. The highest BCUT2D eigenvalue weighted by atomic mass is 32.1. The van der Waals surface area contributed by atoms with Gasteiger partial charge in [-0.1, -0.05) is 0 Å². The average Bonchev–Trinajstić information content (AvgIpc) is 3.55. The van der Waals surface area contributed by atoms with Gasteiger partial charge in [-0.05, 0) is 63.0 Å². The van der Waals surface area contributed by atoms with E-state index in [1.165, 1.54) is 9.75 Å². The molecule has 6 rings (SSSR count). The van der Waals surface area contributed by atoms with Gasteiger partial charge >= 0.3 is 0 Å². The number of pyridine rings is 3. The van der Waals surface area contributed by atoms with Crippen LogP contribution < -0.4 is 0 Å². The predicted octanol–water partition coefficient (Wildman–Crippen LogP) is 5.06. The fourth-order valence-corrected chi connectivity index (χ4v) is 5.01. The van der Waals surface area contributed by atoms with E-state index in [9.17, 15) is 0 Å². The van der Waals surface area contributed by atoms with Gasteiger partial charge in [0.15, 0.2) is 17.2 Å². The van der Waals surface area contributed by atoms with Gasteiger partial charge in [-0.15, -0.1) is 11.3 Å². The lowest BCUT2D eigenvalue weighted by atomic mass is 10.1. The molecule has 0 amide bonds. The lowest BCUT2D eigenvalue weighted by molar-refractivity contribution is 0.402. The van der Waals surface area contributed by atoms with Crippen LogP contribution >= 0.6 is 11.3 Å². The quantitative estimate of drug-likeness (QED) is 0.369. The normalized spacial score (nSPS) is 11.8. The summed E-state index contributed by atoms with van der Waals surface area (Å²) in [6.45, 7) is 2.92. The van der Waals surface area contributed by atoms with Crippen LogP contribution in [0.3, 0.4) is 0 Å². The highest BCUT2D eigenvalue weighted by Crippen LogP contribution is 2.34. The zero-order valence-corrected chi connectivity index (χ0v) is 19.8. The Morgan fingerprint density at radius 2 is 1.94 bits per heavy atom. The summed E-state index contributed by atoms with van der Waals surface area (Å²) in [4.78, 5) is 26.6. The molecule has 0 aliphatic heterocycles. The molecule has 0 aliphatic rings. The summed E-state index contributed by atoms with van der Waals surface area (Å²) < 4.78 is 0. The topological polar surface area (TPSA) is 99.3 Å². The van der Waals surface area contributed by atoms with Crippen molar-refractivity contribution in [2.24, 2.45) is 0 Å². The number of nitrogens with one attached hydrogen (secondary N) is 2. The van der Waals surface area contributed by atoms with Crippen molar-refractivity contribution in [3.05, 3.63) is 65.4 Å². The zero-order valence-electron chi connectivity index (χ0n) is 19.0. The Balaban J connectivity index is 1.45. The summed E-state index contributed by atoms with van der Waals surface area (Å²) in [5.74, 6) is 0.638. The maximum Gasteiger partial charge on any atom is 0.178 e. The van der Waals surface area contributed by atoms with Crippen molar-refractivity contribution in [2.45, 2.75) is 13.5 Å². The van der Waals surface area contributed by atoms with E-state index in [0.29, 0.717) is 17.2 Å². The van der Waals surface area contributed by atoms with Crippen LogP contribution in [-0.2, 0) is 6.54 Å². The molecule has 9 heteroatoms. The first-order valence-electron chi connectivity index (χ1n) is 10.9. The Hall–Kier alpha value is -3.95. The van der Waals surface area contributed by atoms with Crippen LogP contribution in [0.4, 0.5) is 0 Å². The number of aromatic nitrogens is 7. The number of thiophene rings is 1. The number of aryl methyl sites for hydroxylation is 1. The summed E-state index contributed by atoms with van der Waals surface area (Å²) in [5.41, 5.74) is 7.85. The fourth-order valence-electron chi connectivity index (χ4n) is 4.11. The molecule has 6 aromatic heterocycles. The molecule has 6 heterocycles. The number of nitrogens with zero attached hydrogens (tertiary/aromatic N) is 6. The number of aromatic amines is 2. The molecule has 0 spiro atoms. The van der Waals surface area contributed by atoms with Crippen molar-refractivity contribution in [1.82, 2.24) is 40.0 Å². The summed E-state index contributed by atoms with van der Waals surface area (Å²) in [7, 11) is 4.09. The summed E-state index contributed by atoms with van der Waals surface area (Å²) in [6.07, 6.45) is 5.52. The van der Waals surface area contributed by atoms with E-state index in [1.807, 2.05) is 44.7 Å². The number of rotatable bonds is 5. The second-order valence-corrected chi connectivity index (χ2v) is 9.83. The molecule has 0 aliphatic carbocycles. The minimum atomic E-state index is 0.638. The standard InChI is InChI=1S/C25H22N8S/c1-14-4-7-20(34-14)17-8-9-27-24-21(17)29-25(30-24)23-22-19(31-32-23)6-5-18(28-22)16-10-15(11-26-12-16)13-33(2)3/h4-12H,13H2,1-3H3,(H,31,32)(H,27,29,30). The molecule has 8 nitrogen and oxygen atoms in total. The molecule has 34 heavy (non-hydrogen) atoms. The molecular weight excluding hydrogens is 444 g/mol. The summed E-state index contributed by atoms with van der Waals surface area (Å²) in [5, 5.41) is 7.61. The first-order chi connectivity index (χ1) is 16.5. The Morgan fingerprint density at radius 3 is 2.76 bits per heavy atom. The third-order valence-electron chi connectivity index (χ3n) is 5.62. The minimum absolute atomic E-state index is 0.638. The Morgan fingerprint density at radius 1 is 1.03 bits per heavy atom. The third kappa shape index (κ3) is 3.64. The summed E-state index contributed by atoms with van der Waals surface area (Å²) in [6, 6.07) is 12.4. The Labute approximate surface area is 199 Å². The lowest BCUT2D eigenvalue weighted by Crippen LogP contribution is -2.10.